The van der Waals surface area contributed by atoms with Crippen molar-refractivity contribution in [3.63, 3.8) is 0 Å². The Bertz CT molecular complexity index is 1310. The molecule has 4 aromatic rings. The number of thioether (sulfide) groups is 1. The zero-order chi connectivity index (χ0) is 23.5. The van der Waals surface area contributed by atoms with Gasteiger partial charge in [-0.1, -0.05) is 19.1 Å². The highest BCUT2D eigenvalue weighted by Crippen LogP contribution is 2.44. The number of nitrogens with zero attached hydrogens (tertiary/aromatic N) is 2. The number of anilines is 1. The van der Waals surface area contributed by atoms with E-state index in [9.17, 15) is 4.79 Å². The van der Waals surface area contributed by atoms with Gasteiger partial charge in [-0.05, 0) is 67.7 Å². The number of benzene rings is 2. The number of H-pyrrole nitrogens is 1. The first-order valence-corrected chi connectivity index (χ1v) is 12.1. The van der Waals surface area contributed by atoms with E-state index in [0.29, 0.717) is 24.4 Å². The number of carbonyl (C=O) groups excluding carboxylic acids is 1. The first-order chi connectivity index (χ1) is 15.9. The molecule has 172 valence electrons. The van der Waals surface area contributed by atoms with Gasteiger partial charge in [0, 0.05) is 34.8 Å². The Morgan fingerprint density at radius 1 is 1.24 bits per heavy atom. The number of ether oxygens (including phenoxy) is 1. The summed E-state index contributed by atoms with van der Waals surface area (Å²) in [6, 6.07) is 12.7. The van der Waals surface area contributed by atoms with E-state index in [1.807, 2.05) is 49.9 Å². The summed E-state index contributed by atoms with van der Waals surface area (Å²) in [5.74, 6) is 1.57. The highest BCUT2D eigenvalue weighted by atomic mass is 32.2. The second kappa shape index (κ2) is 9.85. The van der Waals surface area contributed by atoms with Crippen molar-refractivity contribution < 1.29 is 9.53 Å². The Morgan fingerprint density at radius 3 is 2.79 bits per heavy atom. The number of aryl methyl sites for hydroxylation is 1. The summed E-state index contributed by atoms with van der Waals surface area (Å²) in [5.41, 5.74) is 5.49. The Labute approximate surface area is 198 Å². The van der Waals surface area contributed by atoms with Crippen LogP contribution < -0.4 is 10.1 Å². The van der Waals surface area contributed by atoms with Crippen molar-refractivity contribution in [2.45, 2.75) is 25.2 Å². The van der Waals surface area contributed by atoms with Gasteiger partial charge in [-0.25, -0.2) is 4.98 Å². The summed E-state index contributed by atoms with van der Waals surface area (Å²) in [5, 5.41) is 5.16. The average Bonchev–Trinajstić information content (AvgIpc) is 3.16. The fraction of sp³-hybridized carbons (Fsp3) is 0.308. The molecule has 0 atom stereocenters. The molecule has 1 amide bonds. The first kappa shape index (κ1) is 23.1. The molecule has 0 radical (unpaired) electrons. The third-order valence-electron chi connectivity index (χ3n) is 5.54. The van der Waals surface area contributed by atoms with Gasteiger partial charge in [0.2, 0.25) is 5.91 Å². The number of rotatable bonds is 8. The minimum atomic E-state index is -0.0485. The Morgan fingerprint density at radius 2 is 2.06 bits per heavy atom. The van der Waals surface area contributed by atoms with E-state index in [1.54, 1.807) is 7.11 Å². The zero-order valence-electron chi connectivity index (χ0n) is 19.8. The number of hydrogen-bond acceptors (Lipinski definition) is 5. The fourth-order valence-electron chi connectivity index (χ4n) is 4.03. The van der Waals surface area contributed by atoms with Crippen LogP contribution in [0.4, 0.5) is 5.69 Å². The molecule has 0 spiro atoms. The highest BCUT2D eigenvalue weighted by molar-refractivity contribution is 7.99. The number of carbonyl (C=O) groups is 1. The minimum Gasteiger partial charge on any atom is -0.492 e. The van der Waals surface area contributed by atoms with E-state index >= 15 is 0 Å². The second-order valence-corrected chi connectivity index (χ2v) is 9.69. The molecule has 7 heteroatoms. The number of methoxy groups -OCH3 is 1. The second-order valence-electron chi connectivity index (χ2n) is 8.35. The monoisotopic (exact) mass is 462 g/mol. The van der Waals surface area contributed by atoms with E-state index < -0.39 is 0 Å². The molecule has 0 bridgehead atoms. The molecule has 0 saturated carbocycles. The van der Waals surface area contributed by atoms with Gasteiger partial charge in [0.15, 0.2) is 5.75 Å². The maximum absolute atomic E-state index is 12.7. The molecule has 0 unspecified atom stereocenters. The molecule has 0 fully saturated rings. The van der Waals surface area contributed by atoms with E-state index in [0.717, 1.165) is 44.4 Å². The maximum Gasteiger partial charge on any atom is 0.225 e. The van der Waals surface area contributed by atoms with Crippen molar-refractivity contribution in [3.05, 3.63) is 48.2 Å². The van der Waals surface area contributed by atoms with E-state index in [-0.39, 0.29) is 5.91 Å². The molecular formula is C26H30N4O2S. The van der Waals surface area contributed by atoms with Crippen LogP contribution in [0.1, 0.15) is 18.9 Å². The summed E-state index contributed by atoms with van der Waals surface area (Å²) in [6.07, 6.45) is 2.26. The van der Waals surface area contributed by atoms with E-state index in [4.69, 9.17) is 4.74 Å². The molecule has 0 saturated heterocycles. The Kier molecular flexibility index (Phi) is 6.91. The molecule has 6 nitrogen and oxygen atoms in total. The molecule has 0 aliphatic rings. The van der Waals surface area contributed by atoms with Crippen molar-refractivity contribution in [2.24, 2.45) is 0 Å². The zero-order valence-corrected chi connectivity index (χ0v) is 20.6. The molecule has 33 heavy (non-hydrogen) atoms. The molecule has 4 rings (SSSR count). The lowest BCUT2D eigenvalue weighted by atomic mass is 9.98. The van der Waals surface area contributed by atoms with E-state index in [1.165, 1.54) is 4.90 Å². The van der Waals surface area contributed by atoms with Gasteiger partial charge in [0.05, 0.1) is 18.3 Å². The van der Waals surface area contributed by atoms with Gasteiger partial charge in [-0.2, -0.15) is 0 Å². The molecular weight excluding hydrogens is 432 g/mol. The smallest absolute Gasteiger partial charge is 0.225 e. The van der Waals surface area contributed by atoms with Crippen LogP contribution in [0.25, 0.3) is 33.1 Å². The van der Waals surface area contributed by atoms with Gasteiger partial charge < -0.3 is 19.9 Å². The maximum atomic E-state index is 12.7. The molecule has 2 aromatic carbocycles. The summed E-state index contributed by atoms with van der Waals surface area (Å²) < 4.78 is 5.81. The van der Waals surface area contributed by atoms with Gasteiger partial charge in [-0.15, -0.1) is 11.8 Å². The lowest BCUT2D eigenvalue weighted by Gasteiger charge is -2.16. The summed E-state index contributed by atoms with van der Waals surface area (Å²) >= 11 is 1.81. The van der Waals surface area contributed by atoms with Crippen molar-refractivity contribution in [1.29, 1.82) is 0 Å². The van der Waals surface area contributed by atoms with Gasteiger partial charge in [0.1, 0.15) is 5.65 Å². The van der Waals surface area contributed by atoms with Crippen LogP contribution in [0.5, 0.6) is 5.75 Å². The topological polar surface area (TPSA) is 70.2 Å². The number of pyridine rings is 1. The summed E-state index contributed by atoms with van der Waals surface area (Å²) in [4.78, 5) is 24.0. The van der Waals surface area contributed by atoms with Crippen LogP contribution in [-0.4, -0.2) is 54.3 Å². The molecule has 0 aliphatic heterocycles. The van der Waals surface area contributed by atoms with E-state index in [2.05, 4.69) is 52.5 Å². The van der Waals surface area contributed by atoms with Gasteiger partial charge in [-0.3, -0.25) is 4.79 Å². The lowest BCUT2D eigenvalue weighted by Crippen LogP contribution is -2.21. The first-order valence-electron chi connectivity index (χ1n) is 11.1. The number of fused-ring (bicyclic) bond motifs is 3. The molecule has 2 heterocycles. The van der Waals surface area contributed by atoms with Crippen molar-refractivity contribution >= 4 is 45.3 Å². The minimum absolute atomic E-state index is 0.0485. The van der Waals surface area contributed by atoms with Crippen molar-refractivity contribution in [3.8, 4) is 16.9 Å². The quantitative estimate of drug-likeness (QED) is 0.329. The van der Waals surface area contributed by atoms with Crippen LogP contribution in [0.3, 0.4) is 0 Å². The van der Waals surface area contributed by atoms with Crippen LogP contribution >= 0.6 is 11.8 Å². The highest BCUT2D eigenvalue weighted by Gasteiger charge is 2.21. The molecule has 2 aromatic heterocycles. The fourth-order valence-corrected chi connectivity index (χ4v) is 4.75. The Balaban J connectivity index is 1.95. The van der Waals surface area contributed by atoms with Crippen LogP contribution in [-0.2, 0) is 4.79 Å². The van der Waals surface area contributed by atoms with Crippen molar-refractivity contribution in [1.82, 2.24) is 14.9 Å². The average molecular weight is 463 g/mol. The molecule has 0 aliphatic carbocycles. The van der Waals surface area contributed by atoms with Crippen LogP contribution in [0.15, 0.2) is 47.5 Å². The third-order valence-corrected chi connectivity index (χ3v) is 6.41. The third kappa shape index (κ3) is 4.84. The SMILES string of the molecule is CCSc1cccc(-c2cc(NC(=O)CCN(C)C)c(OC)c3[nH]c4ncc(C)cc4c23)c1. The largest absolute Gasteiger partial charge is 0.492 e. The summed E-state index contributed by atoms with van der Waals surface area (Å²) in [7, 11) is 5.55. The molecule has 2 N–H and O–H groups in total. The number of aromatic amines is 1. The lowest BCUT2D eigenvalue weighted by molar-refractivity contribution is -0.116. The predicted octanol–water partition coefficient (Wildman–Crippen LogP) is 5.70. The van der Waals surface area contributed by atoms with Gasteiger partial charge in [0.25, 0.3) is 0 Å². The number of amides is 1. The summed E-state index contributed by atoms with van der Waals surface area (Å²) in [6.45, 7) is 4.87. The normalized spacial score (nSPS) is 11.5. The van der Waals surface area contributed by atoms with Gasteiger partial charge >= 0.3 is 0 Å². The van der Waals surface area contributed by atoms with Crippen LogP contribution in [0, 0.1) is 6.92 Å². The Hall–Kier alpha value is -3.03. The van der Waals surface area contributed by atoms with Crippen molar-refractivity contribution in [2.75, 3.05) is 38.8 Å². The van der Waals surface area contributed by atoms with Crippen LogP contribution in [0.2, 0.25) is 0 Å². The number of hydrogen-bond donors (Lipinski definition) is 2. The predicted molar refractivity (Wildman–Crippen MR) is 139 cm³/mol. The standard InChI is InChI=1S/C26H30N4O2S/c1-6-33-18-9-7-8-17(13-18)19-14-21(28-22(31)10-11-30(3)4)25(32-5)24-23(19)20-12-16(2)15-27-26(20)29-24/h7-9,12-15H,6,10-11H2,1-5H3,(H,27,29)(H,28,31). The number of nitrogens with one attached hydrogen (secondary N) is 2. The number of aromatic nitrogens is 2.